The zero-order chi connectivity index (χ0) is 55.9. The standard InChI is InChI=1S/C50H70FN15O10/c1-27(67)62-36(11-6-20-60-50(56)57)46(74)64-37-16-17-43(71)58-18-5-10-35(44(53)72)63-45(73)30(22-31-26-61-34-9-3-2-8-33(31)34)24-40(68)29(7-4-19-59-49(54)55)23-41(69)38(21-28-12-14-32(51)15-13-28)65-48(76)39(25-42(52)70)66-47(37)75/h2-3,8-9,12-15,26,29-30,35-39,61H,4-7,10-11,16-25H2,1H3,(H2,52,70)(H2,53,72)(H,58,71)(H,62,67)(H,63,73)(H,64,74)(H,65,76)(H,66,75)(H4,54,55,59)(H4,56,57,60)/t29-,30-,35+,36+,37+,38-,39+/m1/s1. The molecule has 1 aromatic heterocycles. The summed E-state index contributed by atoms with van der Waals surface area (Å²) in [7, 11) is 0. The van der Waals surface area contributed by atoms with Gasteiger partial charge in [0.25, 0.3) is 0 Å². The van der Waals surface area contributed by atoms with Crippen LogP contribution in [-0.4, -0.2) is 126 Å². The number of nitrogens with one attached hydrogen (secondary N) is 7. The van der Waals surface area contributed by atoms with E-state index in [2.05, 4.69) is 46.9 Å². The van der Waals surface area contributed by atoms with Crippen LogP contribution in [-0.2, 0) is 60.8 Å². The van der Waals surface area contributed by atoms with Crippen molar-refractivity contribution in [2.45, 2.75) is 121 Å². The van der Waals surface area contributed by atoms with Crippen molar-refractivity contribution in [3.05, 3.63) is 71.7 Å². The normalized spacial score (nSPS) is 21.1. The fourth-order valence-electron chi connectivity index (χ4n) is 8.63. The van der Waals surface area contributed by atoms with Crippen LogP contribution in [0, 0.1) is 17.7 Å². The first-order chi connectivity index (χ1) is 36.1. The SMILES string of the molecule is CC(=O)N[C@@H](CCCN=C(N)N)C(=O)N[C@H]1CCC(=O)NCCC[C@@H](C(N)=O)NC(=O)[C@H](Cc2c[nH]c3ccccc23)CC(=O)[C@H](CCCN=C(N)N)CC(=O)[C@@H](Cc2ccc(F)cc2)NC(=O)[C@H](CC(N)=O)NC1=O. The average molecular weight is 1060 g/mol. The Labute approximate surface area is 437 Å². The topological polar surface area (TPSA) is 440 Å². The predicted molar refractivity (Wildman–Crippen MR) is 278 cm³/mol. The number of aliphatic imine (C=N–C) groups is 2. The molecule has 0 aliphatic carbocycles. The van der Waals surface area contributed by atoms with E-state index in [9.17, 15) is 52.3 Å². The lowest BCUT2D eigenvalue weighted by Crippen LogP contribution is -2.58. The van der Waals surface area contributed by atoms with Crippen molar-refractivity contribution >= 4 is 81.6 Å². The van der Waals surface area contributed by atoms with Crippen LogP contribution < -0.4 is 66.3 Å². The summed E-state index contributed by atoms with van der Waals surface area (Å²) in [5.41, 5.74) is 35.1. The lowest BCUT2D eigenvalue weighted by molar-refractivity contribution is -0.136. The number of hydrogen-bond donors (Lipinski definition) is 13. The highest BCUT2D eigenvalue weighted by Crippen LogP contribution is 2.26. The number of benzene rings is 2. The minimum absolute atomic E-state index is 0.00276. The van der Waals surface area contributed by atoms with Gasteiger partial charge in [-0.05, 0) is 87.1 Å². The largest absolute Gasteiger partial charge is 0.370 e. The molecule has 4 rings (SSSR count). The molecule has 8 amide bonds. The van der Waals surface area contributed by atoms with Gasteiger partial charge < -0.3 is 71.3 Å². The monoisotopic (exact) mass is 1060 g/mol. The number of para-hydroxylation sites is 1. The number of aromatic nitrogens is 1. The Morgan fingerprint density at radius 1 is 0.750 bits per heavy atom. The third-order valence-corrected chi connectivity index (χ3v) is 12.5. The summed E-state index contributed by atoms with van der Waals surface area (Å²) in [6.45, 7) is 1.25. The summed E-state index contributed by atoms with van der Waals surface area (Å²) in [6.07, 6.45) is -0.736. The minimum Gasteiger partial charge on any atom is -0.370 e. The van der Waals surface area contributed by atoms with Gasteiger partial charge in [-0.3, -0.25) is 57.9 Å². The van der Waals surface area contributed by atoms with E-state index in [1.165, 1.54) is 12.1 Å². The molecule has 0 radical (unpaired) electrons. The van der Waals surface area contributed by atoms with Crippen molar-refractivity contribution in [2.24, 2.45) is 56.2 Å². The number of halogens is 1. The Morgan fingerprint density at radius 2 is 1.41 bits per heavy atom. The third-order valence-electron chi connectivity index (χ3n) is 12.5. The molecule has 26 heteroatoms. The summed E-state index contributed by atoms with van der Waals surface area (Å²) in [4.78, 5) is 148. The van der Waals surface area contributed by atoms with Crippen LogP contribution in [0.25, 0.3) is 10.9 Å². The van der Waals surface area contributed by atoms with Crippen molar-refractivity contribution < 1.29 is 52.3 Å². The molecule has 0 saturated carbocycles. The molecule has 1 saturated heterocycles. The number of aromatic amines is 1. The Hall–Kier alpha value is -8.45. The number of fused-ring (bicyclic) bond motifs is 1. The second kappa shape index (κ2) is 30.0. The van der Waals surface area contributed by atoms with Gasteiger partial charge in [0.1, 0.15) is 35.8 Å². The fourth-order valence-corrected chi connectivity index (χ4v) is 8.63. The number of carbonyl (C=O) groups is 10. The lowest BCUT2D eigenvalue weighted by atomic mass is 9.83. The summed E-state index contributed by atoms with van der Waals surface area (Å²) >= 11 is 0. The summed E-state index contributed by atoms with van der Waals surface area (Å²) < 4.78 is 14.1. The average Bonchev–Trinajstić information content (AvgIpc) is 3.76. The number of nitrogens with two attached hydrogens (primary N) is 6. The lowest BCUT2D eigenvalue weighted by Gasteiger charge is -2.27. The Balaban J connectivity index is 1.79. The van der Waals surface area contributed by atoms with Gasteiger partial charge in [0.05, 0.1) is 12.5 Å². The second-order valence-electron chi connectivity index (χ2n) is 18.6. The quantitative estimate of drug-likeness (QED) is 0.0367. The molecule has 3 aromatic rings. The molecule has 76 heavy (non-hydrogen) atoms. The van der Waals surface area contributed by atoms with E-state index in [-0.39, 0.29) is 82.9 Å². The fraction of sp³-hybridized carbons (Fsp3) is 0.480. The first kappa shape index (κ1) is 60.1. The van der Waals surface area contributed by atoms with Crippen LogP contribution in [0.1, 0.15) is 88.7 Å². The molecule has 25 nitrogen and oxygen atoms in total. The molecule has 0 bridgehead atoms. The number of hydrogen-bond acceptors (Lipinski definition) is 12. The molecule has 19 N–H and O–H groups in total. The number of carbonyl (C=O) groups excluding carboxylic acids is 10. The molecule has 0 unspecified atom stereocenters. The molecule has 1 aliphatic heterocycles. The number of ketones is 2. The van der Waals surface area contributed by atoms with Gasteiger partial charge in [-0.1, -0.05) is 30.3 Å². The Bertz CT molecular complexity index is 2620. The van der Waals surface area contributed by atoms with E-state index in [4.69, 9.17) is 34.4 Å². The number of guanidine groups is 2. The first-order valence-corrected chi connectivity index (χ1v) is 24.9. The van der Waals surface area contributed by atoms with Crippen LogP contribution in [0.4, 0.5) is 4.39 Å². The van der Waals surface area contributed by atoms with E-state index in [1.807, 2.05) is 18.2 Å². The second-order valence-corrected chi connectivity index (χ2v) is 18.6. The highest BCUT2D eigenvalue weighted by Gasteiger charge is 2.36. The molecule has 0 spiro atoms. The Morgan fingerprint density at radius 3 is 2.07 bits per heavy atom. The summed E-state index contributed by atoms with van der Waals surface area (Å²) in [5, 5.41) is 16.1. The number of Topliss-reactive ketones (excluding diaryl/α,β-unsaturated/α-hetero) is 2. The number of primary amides is 2. The predicted octanol–water partition coefficient (Wildman–Crippen LogP) is -2.16. The van der Waals surface area contributed by atoms with Crippen molar-refractivity contribution in [1.82, 2.24) is 36.9 Å². The molecular weight excluding hydrogens is 990 g/mol. The first-order valence-electron chi connectivity index (χ1n) is 24.9. The molecule has 2 heterocycles. The van der Waals surface area contributed by atoms with E-state index in [0.717, 1.165) is 30.0 Å². The maximum absolute atomic E-state index is 14.7. The maximum Gasteiger partial charge on any atom is 0.243 e. The van der Waals surface area contributed by atoms with Crippen molar-refractivity contribution in [1.29, 1.82) is 0 Å². The number of rotatable bonds is 18. The van der Waals surface area contributed by atoms with E-state index in [0.29, 0.717) is 11.1 Å². The van der Waals surface area contributed by atoms with Crippen molar-refractivity contribution in [3.63, 3.8) is 0 Å². The van der Waals surface area contributed by atoms with E-state index < -0.39 is 139 Å². The number of amides is 8. The zero-order valence-corrected chi connectivity index (χ0v) is 42.4. The molecule has 2 aromatic carbocycles. The minimum atomic E-state index is -1.80. The van der Waals surface area contributed by atoms with Gasteiger partial charge in [-0.25, -0.2) is 4.39 Å². The highest BCUT2D eigenvalue weighted by molar-refractivity contribution is 5.99. The van der Waals surface area contributed by atoms with E-state index in [1.54, 1.807) is 12.3 Å². The summed E-state index contributed by atoms with van der Waals surface area (Å²) in [5.74, 6) is -11.5. The van der Waals surface area contributed by atoms with E-state index >= 15 is 0 Å². The van der Waals surface area contributed by atoms with Gasteiger partial charge in [0.15, 0.2) is 17.7 Å². The number of H-pyrrole nitrogens is 1. The van der Waals surface area contributed by atoms with Crippen molar-refractivity contribution in [3.8, 4) is 0 Å². The van der Waals surface area contributed by atoms with Crippen LogP contribution >= 0.6 is 0 Å². The van der Waals surface area contributed by atoms with Gasteiger partial charge >= 0.3 is 0 Å². The van der Waals surface area contributed by atoms with Gasteiger partial charge in [-0.2, -0.15) is 0 Å². The molecule has 7 atom stereocenters. The zero-order valence-electron chi connectivity index (χ0n) is 42.4. The maximum atomic E-state index is 14.7. The smallest absolute Gasteiger partial charge is 0.243 e. The molecule has 1 aliphatic rings. The van der Waals surface area contributed by atoms with Crippen LogP contribution in [0.3, 0.4) is 0 Å². The van der Waals surface area contributed by atoms with Gasteiger partial charge in [-0.15, -0.1) is 0 Å². The van der Waals surface area contributed by atoms with Crippen LogP contribution in [0.15, 0.2) is 64.7 Å². The van der Waals surface area contributed by atoms with Crippen LogP contribution in [0.2, 0.25) is 0 Å². The van der Waals surface area contributed by atoms with Gasteiger partial charge in [0.2, 0.25) is 47.3 Å². The number of nitrogens with zero attached hydrogens (tertiary/aromatic N) is 2. The third kappa shape index (κ3) is 20.5. The molecule has 412 valence electrons. The molecular formula is C50H70FN15O10. The summed E-state index contributed by atoms with van der Waals surface area (Å²) in [6, 6.07) is 4.88. The molecule has 1 fully saturated rings. The Kier molecular flexibility index (Phi) is 23.8. The van der Waals surface area contributed by atoms with Crippen LogP contribution in [0.5, 0.6) is 0 Å². The highest BCUT2D eigenvalue weighted by atomic mass is 19.1. The van der Waals surface area contributed by atoms with Crippen molar-refractivity contribution in [2.75, 3.05) is 19.6 Å². The van der Waals surface area contributed by atoms with Gasteiger partial charge in [0, 0.05) is 74.8 Å².